The van der Waals surface area contributed by atoms with Crippen molar-refractivity contribution < 1.29 is 4.79 Å². The fraction of sp³-hybridized carbons (Fsp3) is 0.417. The molecule has 0 atom stereocenters. The van der Waals surface area contributed by atoms with E-state index in [2.05, 4.69) is 23.2 Å². The fourth-order valence-electron chi connectivity index (χ4n) is 2.23. The third kappa shape index (κ3) is 1.35. The molecule has 76 valence electrons. The van der Waals surface area contributed by atoms with Crippen LogP contribution in [0.3, 0.4) is 0 Å². The minimum atomic E-state index is -0.204. The minimum absolute atomic E-state index is 0.204. The van der Waals surface area contributed by atoms with Gasteiger partial charge >= 0.3 is 0 Å². The average Bonchev–Trinajstić information content (AvgIpc) is 2.88. The van der Waals surface area contributed by atoms with Gasteiger partial charge in [-0.2, -0.15) is 4.99 Å². The van der Waals surface area contributed by atoms with Crippen molar-refractivity contribution in [3.8, 4) is 0 Å². The zero-order valence-electron chi connectivity index (χ0n) is 8.32. The third-order valence-electron chi connectivity index (χ3n) is 3.20. The lowest BCUT2D eigenvalue weighted by molar-refractivity contribution is 0.555. The van der Waals surface area contributed by atoms with Crippen LogP contribution in [-0.4, -0.2) is 11.8 Å². The Morgan fingerprint density at radius 2 is 2.27 bits per heavy atom. The van der Waals surface area contributed by atoms with E-state index in [9.17, 15) is 4.79 Å². The standard InChI is InChI=1S/C12H11NOS/c14-8-13-12(5-6-12)10-3-1-2-9-4-7-15-11(9)10/h1-3H,4-7H2. The second-order valence-corrected chi connectivity index (χ2v) is 5.23. The SMILES string of the molecule is O=C=NC1(c2cccc3c2SCC3)CC1. The van der Waals surface area contributed by atoms with Crippen LogP contribution in [-0.2, 0) is 16.8 Å². The number of aryl methyl sites for hydroxylation is 1. The molecule has 2 nitrogen and oxygen atoms in total. The molecule has 0 amide bonds. The highest BCUT2D eigenvalue weighted by Crippen LogP contribution is 2.53. The smallest absolute Gasteiger partial charge is 0.211 e. The first kappa shape index (κ1) is 9.20. The summed E-state index contributed by atoms with van der Waals surface area (Å²) in [7, 11) is 0. The predicted octanol–water partition coefficient (Wildman–Crippen LogP) is 2.66. The van der Waals surface area contributed by atoms with Crippen molar-refractivity contribution in [1.82, 2.24) is 0 Å². The van der Waals surface area contributed by atoms with Gasteiger partial charge in [-0.25, -0.2) is 4.79 Å². The van der Waals surface area contributed by atoms with Gasteiger partial charge < -0.3 is 0 Å². The molecule has 0 aromatic heterocycles. The predicted molar refractivity (Wildman–Crippen MR) is 59.9 cm³/mol. The molecular weight excluding hydrogens is 206 g/mol. The Kier molecular flexibility index (Phi) is 1.98. The molecule has 1 aliphatic heterocycles. The van der Waals surface area contributed by atoms with Gasteiger partial charge in [0.05, 0.1) is 5.54 Å². The molecule has 0 saturated heterocycles. The quantitative estimate of drug-likeness (QED) is 0.563. The molecule has 0 unspecified atom stereocenters. The van der Waals surface area contributed by atoms with E-state index in [1.165, 1.54) is 16.0 Å². The van der Waals surface area contributed by atoms with Crippen molar-refractivity contribution in [1.29, 1.82) is 0 Å². The van der Waals surface area contributed by atoms with E-state index in [1.54, 1.807) is 6.08 Å². The lowest BCUT2D eigenvalue weighted by Crippen LogP contribution is -2.04. The summed E-state index contributed by atoms with van der Waals surface area (Å²) in [6.07, 6.45) is 4.87. The van der Waals surface area contributed by atoms with E-state index in [4.69, 9.17) is 0 Å². The first-order chi connectivity index (χ1) is 7.36. The Morgan fingerprint density at radius 3 is 3.00 bits per heavy atom. The van der Waals surface area contributed by atoms with Gasteiger partial charge in [-0.05, 0) is 30.4 Å². The molecule has 1 saturated carbocycles. The Bertz CT molecular complexity index is 459. The molecule has 0 N–H and O–H groups in total. The molecule has 1 fully saturated rings. The van der Waals surface area contributed by atoms with Crippen LogP contribution < -0.4 is 0 Å². The van der Waals surface area contributed by atoms with Crippen molar-refractivity contribution in [2.75, 3.05) is 5.75 Å². The van der Waals surface area contributed by atoms with E-state index >= 15 is 0 Å². The molecule has 0 radical (unpaired) electrons. The van der Waals surface area contributed by atoms with E-state index in [0.29, 0.717) is 0 Å². The lowest BCUT2D eigenvalue weighted by atomic mass is 10.0. The van der Waals surface area contributed by atoms with Gasteiger partial charge in [-0.1, -0.05) is 18.2 Å². The van der Waals surface area contributed by atoms with Gasteiger partial charge in [0, 0.05) is 10.6 Å². The maximum Gasteiger partial charge on any atom is 0.235 e. The van der Waals surface area contributed by atoms with Crippen LogP contribution in [0.1, 0.15) is 24.0 Å². The maximum atomic E-state index is 10.4. The fourth-order valence-corrected chi connectivity index (χ4v) is 3.52. The van der Waals surface area contributed by atoms with Crippen molar-refractivity contribution in [3.05, 3.63) is 29.3 Å². The van der Waals surface area contributed by atoms with Crippen LogP contribution in [0.5, 0.6) is 0 Å². The summed E-state index contributed by atoms with van der Waals surface area (Å²) in [6.45, 7) is 0. The number of fused-ring (bicyclic) bond motifs is 1. The number of aliphatic imine (C=N–C) groups is 1. The highest BCUT2D eigenvalue weighted by molar-refractivity contribution is 7.99. The number of thioether (sulfide) groups is 1. The Balaban J connectivity index is 2.13. The zero-order valence-corrected chi connectivity index (χ0v) is 9.14. The van der Waals surface area contributed by atoms with Crippen LogP contribution in [0.15, 0.2) is 28.1 Å². The highest BCUT2D eigenvalue weighted by Gasteiger charge is 2.46. The lowest BCUT2D eigenvalue weighted by Gasteiger charge is -2.12. The number of rotatable bonds is 2. The van der Waals surface area contributed by atoms with Crippen molar-refractivity contribution in [2.24, 2.45) is 4.99 Å². The minimum Gasteiger partial charge on any atom is -0.211 e. The van der Waals surface area contributed by atoms with Crippen molar-refractivity contribution in [2.45, 2.75) is 29.7 Å². The second-order valence-electron chi connectivity index (χ2n) is 4.13. The number of isocyanates is 1. The number of hydrogen-bond acceptors (Lipinski definition) is 3. The molecule has 0 bridgehead atoms. The normalized spacial score (nSPS) is 20.5. The van der Waals surface area contributed by atoms with E-state index < -0.39 is 0 Å². The molecule has 1 aliphatic carbocycles. The van der Waals surface area contributed by atoms with Gasteiger partial charge in [0.25, 0.3) is 0 Å². The molecule has 1 heterocycles. The van der Waals surface area contributed by atoms with Gasteiger partial charge in [0.2, 0.25) is 6.08 Å². The molecule has 3 heteroatoms. The first-order valence-electron chi connectivity index (χ1n) is 5.20. The number of hydrogen-bond donors (Lipinski definition) is 0. The molecule has 0 spiro atoms. The summed E-state index contributed by atoms with van der Waals surface area (Å²) in [6, 6.07) is 6.38. The van der Waals surface area contributed by atoms with Gasteiger partial charge in [-0.15, -0.1) is 11.8 Å². The van der Waals surface area contributed by atoms with Gasteiger partial charge in [0.15, 0.2) is 0 Å². The molecule has 3 rings (SSSR count). The highest BCUT2D eigenvalue weighted by atomic mass is 32.2. The summed E-state index contributed by atoms with van der Waals surface area (Å²) in [4.78, 5) is 15.8. The number of carbonyl (C=O) groups excluding carboxylic acids is 1. The Labute approximate surface area is 92.8 Å². The van der Waals surface area contributed by atoms with E-state index in [-0.39, 0.29) is 5.54 Å². The first-order valence-corrected chi connectivity index (χ1v) is 6.18. The summed E-state index contributed by atoms with van der Waals surface area (Å²) in [5.74, 6) is 1.16. The molecule has 2 aliphatic rings. The molecule has 1 aromatic carbocycles. The Hall–Kier alpha value is -1.05. The van der Waals surface area contributed by atoms with Crippen LogP contribution in [0.4, 0.5) is 0 Å². The molecule has 15 heavy (non-hydrogen) atoms. The summed E-state index contributed by atoms with van der Waals surface area (Å²) < 4.78 is 0. The maximum absolute atomic E-state index is 10.4. The van der Waals surface area contributed by atoms with Gasteiger partial charge in [-0.3, -0.25) is 0 Å². The van der Waals surface area contributed by atoms with Crippen LogP contribution in [0, 0.1) is 0 Å². The molecular formula is C12H11NOS. The van der Waals surface area contributed by atoms with Crippen molar-refractivity contribution >= 4 is 17.8 Å². The summed E-state index contributed by atoms with van der Waals surface area (Å²) in [5, 5.41) is 0. The van der Waals surface area contributed by atoms with Crippen LogP contribution in [0.2, 0.25) is 0 Å². The largest absolute Gasteiger partial charge is 0.235 e. The second kappa shape index (κ2) is 3.22. The zero-order chi connectivity index (χ0) is 10.3. The average molecular weight is 217 g/mol. The number of benzene rings is 1. The van der Waals surface area contributed by atoms with E-state index in [0.717, 1.165) is 25.0 Å². The Morgan fingerprint density at radius 1 is 1.40 bits per heavy atom. The topological polar surface area (TPSA) is 29.4 Å². The van der Waals surface area contributed by atoms with Crippen LogP contribution >= 0.6 is 11.8 Å². The van der Waals surface area contributed by atoms with Crippen molar-refractivity contribution in [3.63, 3.8) is 0 Å². The molecule has 1 aromatic rings. The van der Waals surface area contributed by atoms with Gasteiger partial charge in [0.1, 0.15) is 0 Å². The summed E-state index contributed by atoms with van der Waals surface area (Å²) >= 11 is 1.90. The third-order valence-corrected chi connectivity index (χ3v) is 4.38. The number of nitrogens with zero attached hydrogens (tertiary/aromatic N) is 1. The van der Waals surface area contributed by atoms with E-state index in [1.807, 2.05) is 11.8 Å². The monoisotopic (exact) mass is 217 g/mol. The summed E-state index contributed by atoms with van der Waals surface area (Å²) in [5.41, 5.74) is 2.47. The van der Waals surface area contributed by atoms with Crippen LogP contribution in [0.25, 0.3) is 0 Å².